The second kappa shape index (κ2) is 7.00. The van der Waals surface area contributed by atoms with Gasteiger partial charge in [-0.3, -0.25) is 9.36 Å². The van der Waals surface area contributed by atoms with E-state index in [-0.39, 0.29) is 17.9 Å². The van der Waals surface area contributed by atoms with Crippen LogP contribution in [-0.4, -0.2) is 26.2 Å². The van der Waals surface area contributed by atoms with Gasteiger partial charge in [0.2, 0.25) is 0 Å². The zero-order valence-electron chi connectivity index (χ0n) is 10.6. The van der Waals surface area contributed by atoms with Crippen molar-refractivity contribution in [3.8, 4) is 0 Å². The van der Waals surface area contributed by atoms with E-state index in [1.54, 1.807) is 0 Å². The number of hydrogen-bond donors (Lipinski definition) is 0. The monoisotopic (exact) mass is 248 g/mol. The van der Waals surface area contributed by atoms with Crippen LogP contribution in [0, 0.1) is 5.92 Å². The summed E-state index contributed by atoms with van der Waals surface area (Å²) in [5.74, 6) is -0.252. The zero-order chi connectivity index (χ0) is 12.8. The van der Waals surface area contributed by atoms with Gasteiger partial charge in [-0.15, -0.1) is 0 Å². The molecule has 5 heteroatoms. The Morgan fingerprint density at radius 1 is 1.31 bits per heavy atom. The summed E-state index contributed by atoms with van der Waals surface area (Å²) in [5, 5.41) is 0. The normalized spacial score (nSPS) is 13.3. The lowest BCUT2D eigenvalue weighted by molar-refractivity contribution is -0.120. The number of hydrogen-bond acceptors (Lipinski definition) is 4. The highest BCUT2D eigenvalue weighted by Crippen LogP contribution is 2.46. The predicted octanol–water partition coefficient (Wildman–Crippen LogP) is 3.03. The van der Waals surface area contributed by atoms with Crippen molar-refractivity contribution in [1.29, 1.82) is 0 Å². The van der Waals surface area contributed by atoms with E-state index in [9.17, 15) is 9.36 Å². The van der Waals surface area contributed by atoms with Crippen LogP contribution in [0.5, 0.6) is 0 Å². The maximum Gasteiger partial charge on any atom is 0.337 e. The summed E-state index contributed by atoms with van der Waals surface area (Å²) in [4.78, 5) is 11.7. The van der Waals surface area contributed by atoms with Gasteiger partial charge in [-0.2, -0.15) is 0 Å². The molecule has 1 atom stereocenters. The summed E-state index contributed by atoms with van der Waals surface area (Å²) in [6.45, 7) is 5.77. The minimum absolute atomic E-state index is 0.0930. The van der Waals surface area contributed by atoms with Gasteiger partial charge in [0.25, 0.3) is 0 Å². The number of carbonyl (C=O) groups is 1. The molecule has 0 aromatic rings. The van der Waals surface area contributed by atoms with Gasteiger partial charge in [0.05, 0.1) is 0 Å². The highest BCUT2D eigenvalue weighted by molar-refractivity contribution is 7.54. The summed E-state index contributed by atoms with van der Waals surface area (Å²) in [6, 6.07) is 0. The molecule has 0 bridgehead atoms. The first-order valence-corrected chi connectivity index (χ1v) is 6.94. The molecule has 0 aliphatic rings. The van der Waals surface area contributed by atoms with Crippen molar-refractivity contribution in [2.75, 3.05) is 20.4 Å². The average molecular weight is 248 g/mol. The number of Topliss-reactive ketones (excluding diaryl/α,β-unsaturated/α-hetero) is 1. The first-order valence-electron chi connectivity index (χ1n) is 5.21. The molecule has 0 N–H and O–H groups in total. The molecule has 0 aromatic carbocycles. The smallest absolute Gasteiger partial charge is 0.312 e. The van der Waals surface area contributed by atoms with Gasteiger partial charge in [0.1, 0.15) is 11.9 Å². The van der Waals surface area contributed by atoms with E-state index in [0.29, 0.717) is 6.42 Å². The minimum atomic E-state index is -3.21. The fraction of sp³-hybridized carbons (Fsp3) is 0.727. The molecule has 0 aliphatic heterocycles. The Morgan fingerprint density at radius 3 is 2.19 bits per heavy atom. The first-order chi connectivity index (χ1) is 7.34. The lowest BCUT2D eigenvalue weighted by Crippen LogP contribution is -2.16. The van der Waals surface area contributed by atoms with Crippen molar-refractivity contribution < 1.29 is 18.4 Å². The number of ketones is 1. The van der Waals surface area contributed by atoms with Gasteiger partial charge in [-0.1, -0.05) is 18.6 Å². The molecule has 0 spiro atoms. The fourth-order valence-electron chi connectivity index (χ4n) is 1.09. The highest BCUT2D eigenvalue weighted by Gasteiger charge is 2.27. The van der Waals surface area contributed by atoms with Crippen molar-refractivity contribution in [1.82, 2.24) is 0 Å². The lowest BCUT2D eigenvalue weighted by Gasteiger charge is -2.15. The Labute approximate surface area is 97.6 Å². The number of allylic oxidation sites excluding steroid dienone is 2. The third-order valence-corrected chi connectivity index (χ3v) is 4.15. The van der Waals surface area contributed by atoms with Gasteiger partial charge >= 0.3 is 7.60 Å². The van der Waals surface area contributed by atoms with Crippen LogP contribution in [0.3, 0.4) is 0 Å². The summed E-state index contributed by atoms with van der Waals surface area (Å²) < 4.78 is 21.2. The summed E-state index contributed by atoms with van der Waals surface area (Å²) in [7, 11) is -0.629. The molecular weight excluding hydrogens is 227 g/mol. The zero-order valence-corrected chi connectivity index (χ0v) is 11.5. The SMILES string of the molecule is COP(=O)(CC(=O)C(C)CC=C(C)C)OC. The van der Waals surface area contributed by atoms with E-state index in [1.807, 2.05) is 26.8 Å². The van der Waals surface area contributed by atoms with Gasteiger partial charge in [0.15, 0.2) is 0 Å². The minimum Gasteiger partial charge on any atom is -0.312 e. The van der Waals surface area contributed by atoms with Crippen LogP contribution < -0.4 is 0 Å². The van der Waals surface area contributed by atoms with Crippen molar-refractivity contribution >= 4 is 13.4 Å². The highest BCUT2D eigenvalue weighted by atomic mass is 31.2. The third-order valence-electron chi connectivity index (χ3n) is 2.34. The molecule has 0 aromatic heterocycles. The van der Waals surface area contributed by atoms with Gasteiger partial charge < -0.3 is 9.05 Å². The van der Waals surface area contributed by atoms with Crippen LogP contribution in [0.1, 0.15) is 27.2 Å². The molecule has 0 amide bonds. The molecule has 0 heterocycles. The maximum atomic E-state index is 11.7. The quantitative estimate of drug-likeness (QED) is 0.513. The maximum absolute atomic E-state index is 11.7. The largest absolute Gasteiger partial charge is 0.337 e. The Balaban J connectivity index is 4.36. The molecule has 4 nitrogen and oxygen atoms in total. The van der Waals surface area contributed by atoms with Crippen molar-refractivity contribution in [2.45, 2.75) is 27.2 Å². The van der Waals surface area contributed by atoms with Gasteiger partial charge in [-0.25, -0.2) is 0 Å². The Kier molecular flexibility index (Phi) is 6.81. The molecule has 16 heavy (non-hydrogen) atoms. The lowest BCUT2D eigenvalue weighted by atomic mass is 10.0. The topological polar surface area (TPSA) is 52.6 Å². The molecule has 0 saturated carbocycles. The van der Waals surface area contributed by atoms with Gasteiger partial charge in [-0.05, 0) is 20.3 Å². The second-order valence-corrected chi connectivity index (χ2v) is 6.29. The van der Waals surface area contributed by atoms with E-state index in [0.717, 1.165) is 0 Å². The molecule has 0 fully saturated rings. The fourth-order valence-corrected chi connectivity index (χ4v) is 2.19. The van der Waals surface area contributed by atoms with Crippen LogP contribution in [0.4, 0.5) is 0 Å². The summed E-state index contributed by atoms with van der Waals surface area (Å²) >= 11 is 0. The molecule has 0 saturated heterocycles. The van der Waals surface area contributed by atoms with Gasteiger partial charge in [0, 0.05) is 20.1 Å². The molecule has 1 unspecified atom stereocenters. The van der Waals surface area contributed by atoms with E-state index in [4.69, 9.17) is 9.05 Å². The average Bonchev–Trinajstić information content (AvgIpc) is 2.25. The molecule has 0 radical (unpaired) electrons. The van der Waals surface area contributed by atoms with E-state index in [2.05, 4.69) is 0 Å². The third kappa shape index (κ3) is 5.59. The molecule has 0 aliphatic carbocycles. The Hall–Kier alpha value is -0.440. The Bertz CT molecular complexity index is 297. The Morgan fingerprint density at radius 2 is 1.81 bits per heavy atom. The van der Waals surface area contributed by atoms with Crippen LogP contribution in [0.2, 0.25) is 0 Å². The van der Waals surface area contributed by atoms with Crippen LogP contribution >= 0.6 is 7.60 Å². The van der Waals surface area contributed by atoms with Crippen molar-refractivity contribution in [2.24, 2.45) is 5.92 Å². The van der Waals surface area contributed by atoms with E-state index >= 15 is 0 Å². The predicted molar refractivity (Wildman–Crippen MR) is 64.7 cm³/mol. The van der Waals surface area contributed by atoms with Crippen LogP contribution in [0.15, 0.2) is 11.6 Å². The first kappa shape index (κ1) is 15.6. The van der Waals surface area contributed by atoms with Crippen LogP contribution in [0.25, 0.3) is 0 Å². The number of rotatable bonds is 7. The molecule has 94 valence electrons. The van der Waals surface area contributed by atoms with E-state index in [1.165, 1.54) is 19.8 Å². The summed E-state index contributed by atoms with van der Waals surface area (Å²) in [5.41, 5.74) is 1.17. The standard InChI is InChI=1S/C11H21O4P/c1-9(2)6-7-10(3)11(12)8-16(13,14-4)15-5/h6,10H,7-8H2,1-5H3. The number of carbonyl (C=O) groups excluding carboxylic acids is 1. The van der Waals surface area contributed by atoms with Crippen LogP contribution in [-0.2, 0) is 18.4 Å². The summed E-state index contributed by atoms with van der Waals surface area (Å²) in [6.07, 6.45) is 2.50. The van der Waals surface area contributed by atoms with E-state index < -0.39 is 7.60 Å². The van der Waals surface area contributed by atoms with Crippen molar-refractivity contribution in [3.63, 3.8) is 0 Å². The van der Waals surface area contributed by atoms with Crippen molar-refractivity contribution in [3.05, 3.63) is 11.6 Å². The molecule has 0 rings (SSSR count). The molecular formula is C11H21O4P. The second-order valence-electron chi connectivity index (χ2n) is 4.02.